The lowest BCUT2D eigenvalue weighted by Crippen LogP contribution is -2.08. The Morgan fingerprint density at radius 3 is 2.94 bits per heavy atom. The van der Waals surface area contributed by atoms with Crippen LogP contribution in [0.4, 0.5) is 10.1 Å². The Kier molecular flexibility index (Phi) is 4.69. The molecule has 0 aliphatic rings. The summed E-state index contributed by atoms with van der Waals surface area (Å²) in [6, 6.07) is 5.10. The Labute approximate surface area is 103 Å². The van der Waals surface area contributed by atoms with Gasteiger partial charge in [0.1, 0.15) is 17.6 Å². The number of nitrogens with one attached hydrogen (secondary N) is 1. The third kappa shape index (κ3) is 3.49. The Bertz CT molecular complexity index is 521. The standard InChI is InChI=1S/C12H11FN2O3/c1-2-18-12(17)8(6-14)7-15-11-4-3-9(16)5-10(11)13/h3-5,7,15-16H,2H2,1H3. The number of esters is 1. The van der Waals surface area contributed by atoms with Crippen LogP contribution in [0.15, 0.2) is 30.0 Å². The number of carbonyl (C=O) groups is 1. The van der Waals surface area contributed by atoms with Crippen molar-refractivity contribution in [2.45, 2.75) is 6.92 Å². The maximum atomic E-state index is 13.3. The fraction of sp³-hybridized carbons (Fsp3) is 0.167. The van der Waals surface area contributed by atoms with Gasteiger partial charge in [-0.05, 0) is 19.1 Å². The van der Waals surface area contributed by atoms with E-state index in [1.54, 1.807) is 13.0 Å². The van der Waals surface area contributed by atoms with Crippen molar-refractivity contribution in [3.05, 3.63) is 35.8 Å². The number of hydrogen-bond donors (Lipinski definition) is 2. The molecule has 1 aromatic carbocycles. The number of hydrogen-bond acceptors (Lipinski definition) is 5. The van der Waals surface area contributed by atoms with Gasteiger partial charge >= 0.3 is 5.97 Å². The predicted octanol–water partition coefficient (Wildman–Crippen LogP) is 1.91. The minimum absolute atomic E-state index is 0.0323. The minimum Gasteiger partial charge on any atom is -0.508 e. The number of nitrogens with zero attached hydrogens (tertiary/aromatic N) is 1. The van der Waals surface area contributed by atoms with Crippen LogP contribution in [0.25, 0.3) is 0 Å². The van der Waals surface area contributed by atoms with Gasteiger partial charge in [-0.25, -0.2) is 9.18 Å². The number of halogens is 1. The average molecular weight is 250 g/mol. The van der Waals surface area contributed by atoms with Crippen LogP contribution >= 0.6 is 0 Å². The molecule has 0 unspecified atom stereocenters. The number of nitriles is 1. The number of phenolic OH excluding ortho intramolecular Hbond substituents is 1. The highest BCUT2D eigenvalue weighted by Crippen LogP contribution is 2.19. The molecule has 5 nitrogen and oxygen atoms in total. The second-order valence-electron chi connectivity index (χ2n) is 3.20. The summed E-state index contributed by atoms with van der Waals surface area (Å²) < 4.78 is 17.9. The first kappa shape index (κ1) is 13.5. The number of benzene rings is 1. The molecule has 0 aliphatic carbocycles. The Morgan fingerprint density at radius 2 is 2.39 bits per heavy atom. The van der Waals surface area contributed by atoms with Gasteiger partial charge in [0.05, 0.1) is 12.3 Å². The number of phenols is 1. The van der Waals surface area contributed by atoms with Crippen molar-refractivity contribution in [3.63, 3.8) is 0 Å². The average Bonchev–Trinajstić information content (AvgIpc) is 2.32. The molecule has 0 saturated carbocycles. The van der Waals surface area contributed by atoms with Crippen LogP contribution in [0.1, 0.15) is 6.92 Å². The number of ether oxygens (including phenoxy) is 1. The van der Waals surface area contributed by atoms with Gasteiger partial charge in [-0.2, -0.15) is 5.26 Å². The first-order valence-corrected chi connectivity index (χ1v) is 5.11. The van der Waals surface area contributed by atoms with Crippen LogP contribution < -0.4 is 5.32 Å². The van der Waals surface area contributed by atoms with Gasteiger partial charge in [-0.1, -0.05) is 0 Å². The zero-order chi connectivity index (χ0) is 13.5. The third-order valence-corrected chi connectivity index (χ3v) is 1.94. The molecular weight excluding hydrogens is 239 g/mol. The summed E-state index contributed by atoms with van der Waals surface area (Å²) >= 11 is 0. The molecule has 1 rings (SSSR count). The van der Waals surface area contributed by atoms with E-state index in [0.29, 0.717) is 0 Å². The van der Waals surface area contributed by atoms with E-state index in [-0.39, 0.29) is 23.6 Å². The van der Waals surface area contributed by atoms with E-state index in [2.05, 4.69) is 10.1 Å². The lowest BCUT2D eigenvalue weighted by atomic mass is 10.2. The molecule has 0 aromatic heterocycles. The molecular formula is C12H11FN2O3. The van der Waals surface area contributed by atoms with Crippen molar-refractivity contribution < 1.29 is 19.0 Å². The van der Waals surface area contributed by atoms with E-state index < -0.39 is 11.8 Å². The molecule has 18 heavy (non-hydrogen) atoms. The van der Waals surface area contributed by atoms with Gasteiger partial charge in [0, 0.05) is 12.3 Å². The van der Waals surface area contributed by atoms with Crippen molar-refractivity contribution in [1.82, 2.24) is 0 Å². The molecule has 0 spiro atoms. The minimum atomic E-state index is -0.785. The van der Waals surface area contributed by atoms with Crippen molar-refractivity contribution in [2.24, 2.45) is 0 Å². The Hall–Kier alpha value is -2.55. The monoisotopic (exact) mass is 250 g/mol. The number of aromatic hydroxyl groups is 1. The zero-order valence-electron chi connectivity index (χ0n) is 9.61. The molecule has 2 N–H and O–H groups in total. The molecule has 0 heterocycles. The van der Waals surface area contributed by atoms with Crippen molar-refractivity contribution >= 4 is 11.7 Å². The summed E-state index contributed by atoms with van der Waals surface area (Å²) in [6.45, 7) is 1.76. The molecule has 94 valence electrons. The SMILES string of the molecule is CCOC(=O)C(C#N)=CNc1ccc(O)cc1F. The normalized spacial score (nSPS) is 10.6. The number of carbonyl (C=O) groups excluding carboxylic acids is 1. The summed E-state index contributed by atoms with van der Waals surface area (Å²) in [5.41, 5.74) is -0.242. The highest BCUT2D eigenvalue weighted by molar-refractivity contribution is 5.93. The molecule has 0 amide bonds. The molecule has 0 saturated heterocycles. The lowest BCUT2D eigenvalue weighted by molar-refractivity contribution is -0.138. The van der Waals surface area contributed by atoms with Crippen LogP contribution in [0.2, 0.25) is 0 Å². The molecule has 0 radical (unpaired) electrons. The van der Waals surface area contributed by atoms with E-state index in [4.69, 9.17) is 10.4 Å². The van der Waals surface area contributed by atoms with E-state index in [1.807, 2.05) is 0 Å². The second kappa shape index (κ2) is 6.25. The maximum absolute atomic E-state index is 13.3. The van der Waals surface area contributed by atoms with Gasteiger partial charge in [-0.3, -0.25) is 0 Å². The first-order chi connectivity index (χ1) is 8.58. The summed E-state index contributed by atoms with van der Waals surface area (Å²) in [5.74, 6) is -1.70. The molecule has 0 aliphatic heterocycles. The number of anilines is 1. The second-order valence-corrected chi connectivity index (χ2v) is 3.20. The highest BCUT2D eigenvalue weighted by atomic mass is 19.1. The largest absolute Gasteiger partial charge is 0.508 e. The highest BCUT2D eigenvalue weighted by Gasteiger charge is 2.10. The van der Waals surface area contributed by atoms with E-state index >= 15 is 0 Å². The van der Waals surface area contributed by atoms with Crippen molar-refractivity contribution in [1.29, 1.82) is 5.26 Å². The summed E-state index contributed by atoms with van der Waals surface area (Å²) in [7, 11) is 0. The van der Waals surface area contributed by atoms with Crippen molar-refractivity contribution in [3.8, 4) is 11.8 Å². The van der Waals surface area contributed by atoms with Gasteiger partial charge in [-0.15, -0.1) is 0 Å². The third-order valence-electron chi connectivity index (χ3n) is 1.94. The van der Waals surface area contributed by atoms with Gasteiger partial charge in [0.15, 0.2) is 5.57 Å². The smallest absolute Gasteiger partial charge is 0.350 e. The van der Waals surface area contributed by atoms with E-state index in [0.717, 1.165) is 12.3 Å². The fourth-order valence-electron chi connectivity index (χ4n) is 1.12. The van der Waals surface area contributed by atoms with Crippen LogP contribution in [0.5, 0.6) is 5.75 Å². The summed E-state index contributed by atoms with van der Waals surface area (Å²) in [4.78, 5) is 11.2. The quantitative estimate of drug-likeness (QED) is 0.369. The van der Waals surface area contributed by atoms with Gasteiger partial charge < -0.3 is 15.2 Å². The van der Waals surface area contributed by atoms with Crippen molar-refractivity contribution in [2.75, 3.05) is 11.9 Å². The summed E-state index contributed by atoms with van der Waals surface area (Å²) in [5, 5.41) is 20.2. The predicted molar refractivity (Wildman–Crippen MR) is 62.0 cm³/mol. The maximum Gasteiger partial charge on any atom is 0.350 e. The fourth-order valence-corrected chi connectivity index (χ4v) is 1.12. The van der Waals surface area contributed by atoms with Crippen LogP contribution in [0.3, 0.4) is 0 Å². The lowest BCUT2D eigenvalue weighted by Gasteiger charge is -2.04. The van der Waals surface area contributed by atoms with Crippen LogP contribution in [-0.4, -0.2) is 17.7 Å². The topological polar surface area (TPSA) is 82.4 Å². The van der Waals surface area contributed by atoms with E-state index in [1.165, 1.54) is 12.1 Å². The van der Waals surface area contributed by atoms with Gasteiger partial charge in [0.25, 0.3) is 0 Å². The van der Waals surface area contributed by atoms with E-state index in [9.17, 15) is 9.18 Å². The molecule has 6 heteroatoms. The molecule has 0 fully saturated rings. The van der Waals surface area contributed by atoms with Gasteiger partial charge in [0.2, 0.25) is 0 Å². The molecule has 0 bridgehead atoms. The van der Waals surface area contributed by atoms with Crippen LogP contribution in [-0.2, 0) is 9.53 Å². The zero-order valence-corrected chi connectivity index (χ0v) is 9.61. The Morgan fingerprint density at radius 1 is 1.67 bits per heavy atom. The number of rotatable bonds is 4. The summed E-state index contributed by atoms with van der Waals surface area (Å²) in [6.07, 6.45) is 1.05. The Balaban J connectivity index is 2.84. The van der Waals surface area contributed by atoms with Crippen LogP contribution in [0, 0.1) is 17.1 Å². The first-order valence-electron chi connectivity index (χ1n) is 5.11. The molecule has 1 aromatic rings. The molecule has 0 atom stereocenters.